The molecule has 2 aromatic heterocycles. The molecular formula is C28H30N6O3. The number of fused-ring (bicyclic) bond motifs is 1. The Hall–Kier alpha value is -4.37. The lowest BCUT2D eigenvalue weighted by Crippen LogP contribution is -2.27. The van der Waals surface area contributed by atoms with Crippen molar-refractivity contribution in [1.29, 1.82) is 0 Å². The lowest BCUT2D eigenvalue weighted by atomic mass is 9.99. The highest BCUT2D eigenvalue weighted by molar-refractivity contribution is 5.93. The van der Waals surface area contributed by atoms with Gasteiger partial charge in [-0.25, -0.2) is 5.10 Å². The summed E-state index contributed by atoms with van der Waals surface area (Å²) in [6.45, 7) is 1.87. The van der Waals surface area contributed by atoms with Crippen LogP contribution in [0, 0.1) is 0 Å². The van der Waals surface area contributed by atoms with Crippen LogP contribution in [0.15, 0.2) is 77.7 Å². The molecule has 4 aromatic rings. The molecule has 37 heavy (non-hydrogen) atoms. The molecule has 5 rings (SSSR count). The number of nitrogens with one attached hydrogen (secondary N) is 1. The van der Waals surface area contributed by atoms with Gasteiger partial charge in [-0.2, -0.15) is 5.10 Å². The van der Waals surface area contributed by atoms with Gasteiger partial charge in [0, 0.05) is 43.5 Å². The Morgan fingerprint density at radius 1 is 1.16 bits per heavy atom. The molecule has 190 valence electrons. The summed E-state index contributed by atoms with van der Waals surface area (Å²) in [7, 11) is 3.91. The molecule has 1 amide bonds. The van der Waals surface area contributed by atoms with Crippen molar-refractivity contribution in [2.24, 2.45) is 0 Å². The molecule has 3 heterocycles. The number of ether oxygens (including phenoxy) is 1. The average molecular weight is 499 g/mol. The maximum Gasteiger partial charge on any atom is 0.274 e. The number of aromatic nitrogens is 3. The number of benzene rings is 2. The third-order valence-electron chi connectivity index (χ3n) is 6.55. The highest BCUT2D eigenvalue weighted by Gasteiger charge is 2.30. The minimum Gasteiger partial charge on any atom is -0.457 e. The summed E-state index contributed by atoms with van der Waals surface area (Å²) in [6, 6.07) is 17.2. The van der Waals surface area contributed by atoms with Crippen molar-refractivity contribution in [2.75, 3.05) is 39.5 Å². The molecular weight excluding hydrogens is 468 g/mol. The summed E-state index contributed by atoms with van der Waals surface area (Å²) in [4.78, 5) is 29.4. The number of aromatic amines is 1. The third kappa shape index (κ3) is 5.12. The van der Waals surface area contributed by atoms with Crippen LogP contribution in [0.5, 0.6) is 11.5 Å². The number of carbonyl (C=O) groups is 1. The number of anilines is 1. The second-order valence-electron chi connectivity index (χ2n) is 9.46. The molecule has 1 aliphatic heterocycles. The predicted octanol–water partition coefficient (Wildman–Crippen LogP) is 3.52. The Morgan fingerprint density at radius 3 is 2.62 bits per heavy atom. The van der Waals surface area contributed by atoms with Crippen LogP contribution in [0.2, 0.25) is 0 Å². The van der Waals surface area contributed by atoms with Gasteiger partial charge < -0.3 is 24.8 Å². The van der Waals surface area contributed by atoms with Crippen molar-refractivity contribution in [3.63, 3.8) is 0 Å². The summed E-state index contributed by atoms with van der Waals surface area (Å²) in [6.07, 6.45) is 6.20. The number of nitrogens with zero attached hydrogens (tertiary/aromatic N) is 4. The summed E-state index contributed by atoms with van der Waals surface area (Å²) in [5.41, 5.74) is 8.22. The van der Waals surface area contributed by atoms with Crippen LogP contribution in [-0.2, 0) is 4.79 Å². The van der Waals surface area contributed by atoms with E-state index in [0.29, 0.717) is 36.3 Å². The zero-order valence-corrected chi connectivity index (χ0v) is 20.9. The predicted molar refractivity (Wildman–Crippen MR) is 144 cm³/mol. The van der Waals surface area contributed by atoms with Crippen LogP contribution in [0.1, 0.15) is 17.9 Å². The van der Waals surface area contributed by atoms with Crippen LogP contribution in [0.4, 0.5) is 5.82 Å². The number of para-hydroxylation sites is 1. The van der Waals surface area contributed by atoms with Gasteiger partial charge in [0.2, 0.25) is 5.91 Å². The SMILES string of the molecule is CN(C)CC=CC(=O)N1CCC(c2cn(-c3ccc(Oc4ccccc4)cc3)c3c(N)n[nH]c(=O)c23)C1. The smallest absolute Gasteiger partial charge is 0.274 e. The number of rotatable bonds is 7. The summed E-state index contributed by atoms with van der Waals surface area (Å²) >= 11 is 0. The van der Waals surface area contributed by atoms with E-state index >= 15 is 0 Å². The van der Waals surface area contributed by atoms with E-state index < -0.39 is 0 Å². The molecule has 9 nitrogen and oxygen atoms in total. The Labute approximate surface area is 214 Å². The normalized spacial score (nSPS) is 15.8. The van der Waals surface area contributed by atoms with Gasteiger partial charge in [-0.15, -0.1) is 0 Å². The van der Waals surface area contributed by atoms with Gasteiger partial charge in [0.15, 0.2) is 5.82 Å². The molecule has 1 atom stereocenters. The zero-order valence-electron chi connectivity index (χ0n) is 20.9. The van der Waals surface area contributed by atoms with Gasteiger partial charge in [-0.05, 0) is 62.5 Å². The summed E-state index contributed by atoms with van der Waals surface area (Å²) in [5.74, 6) is 1.68. The van der Waals surface area contributed by atoms with Crippen molar-refractivity contribution >= 4 is 22.6 Å². The first kappa shape index (κ1) is 24.3. The molecule has 0 aliphatic carbocycles. The van der Waals surface area contributed by atoms with Gasteiger partial charge in [0.05, 0.1) is 5.39 Å². The Morgan fingerprint density at radius 2 is 1.89 bits per heavy atom. The largest absolute Gasteiger partial charge is 0.457 e. The fraction of sp³-hybridized carbons (Fsp3) is 0.250. The molecule has 0 radical (unpaired) electrons. The highest BCUT2D eigenvalue weighted by Crippen LogP contribution is 2.35. The number of amides is 1. The van der Waals surface area contributed by atoms with Gasteiger partial charge >= 0.3 is 0 Å². The van der Waals surface area contributed by atoms with Crippen molar-refractivity contribution in [3.8, 4) is 17.2 Å². The molecule has 0 bridgehead atoms. The summed E-state index contributed by atoms with van der Waals surface area (Å²) in [5, 5.41) is 7.05. The molecule has 1 saturated heterocycles. The van der Waals surface area contributed by atoms with Gasteiger partial charge in [-0.3, -0.25) is 9.59 Å². The molecule has 2 aromatic carbocycles. The van der Waals surface area contributed by atoms with E-state index in [1.165, 1.54) is 0 Å². The first-order chi connectivity index (χ1) is 17.9. The van der Waals surface area contributed by atoms with Crippen molar-refractivity contribution < 1.29 is 9.53 Å². The van der Waals surface area contributed by atoms with Crippen LogP contribution in [-0.4, -0.2) is 64.2 Å². The number of likely N-dealkylation sites (tertiary alicyclic amines) is 1. The first-order valence-electron chi connectivity index (χ1n) is 12.2. The molecule has 0 spiro atoms. The molecule has 1 fully saturated rings. The zero-order chi connectivity index (χ0) is 25.9. The lowest BCUT2D eigenvalue weighted by Gasteiger charge is -2.14. The fourth-order valence-electron chi connectivity index (χ4n) is 4.73. The number of likely N-dealkylation sites (N-methyl/N-ethyl adjacent to an activating group) is 1. The van der Waals surface area contributed by atoms with Crippen molar-refractivity contribution in [3.05, 3.63) is 88.9 Å². The van der Waals surface area contributed by atoms with Crippen LogP contribution < -0.4 is 16.0 Å². The minimum absolute atomic E-state index is 0.0125. The average Bonchev–Trinajstić information content (AvgIpc) is 3.53. The van der Waals surface area contributed by atoms with E-state index in [-0.39, 0.29) is 23.2 Å². The number of nitrogens with two attached hydrogens (primary N) is 1. The number of hydrogen-bond donors (Lipinski definition) is 2. The third-order valence-corrected chi connectivity index (χ3v) is 6.55. The standard InChI is InChI=1S/C28H30N6O3/c1-32(2)15-6-9-24(35)33-16-14-19(17-33)23-18-34(26-25(23)28(36)31-30-27(26)29)20-10-12-22(13-11-20)37-21-7-4-3-5-8-21/h3-13,18-19H,14-17H2,1-2H3,(H2,29,30)(H,31,36). The van der Waals surface area contributed by atoms with Crippen molar-refractivity contribution in [2.45, 2.75) is 12.3 Å². The van der Waals surface area contributed by atoms with E-state index in [4.69, 9.17) is 10.5 Å². The molecule has 3 N–H and O–H groups in total. The monoisotopic (exact) mass is 498 g/mol. The molecule has 9 heteroatoms. The lowest BCUT2D eigenvalue weighted by molar-refractivity contribution is -0.125. The second-order valence-corrected chi connectivity index (χ2v) is 9.46. The number of nitrogen functional groups attached to an aromatic ring is 1. The first-order valence-corrected chi connectivity index (χ1v) is 12.2. The van der Waals surface area contributed by atoms with Crippen LogP contribution in [0.25, 0.3) is 16.6 Å². The van der Waals surface area contributed by atoms with Gasteiger partial charge in [0.1, 0.15) is 17.0 Å². The minimum atomic E-state index is -0.294. The Bertz CT molecular complexity index is 1490. The summed E-state index contributed by atoms with van der Waals surface area (Å²) < 4.78 is 7.81. The second kappa shape index (κ2) is 10.3. The maximum absolute atomic E-state index is 12.9. The molecule has 1 aliphatic rings. The van der Waals surface area contributed by atoms with Crippen LogP contribution in [0.3, 0.4) is 0 Å². The Kier molecular flexibility index (Phi) is 6.78. The quantitative estimate of drug-likeness (QED) is 0.378. The number of H-pyrrole nitrogens is 1. The van der Waals surface area contributed by atoms with Crippen molar-refractivity contribution in [1.82, 2.24) is 24.6 Å². The highest BCUT2D eigenvalue weighted by atomic mass is 16.5. The van der Waals surface area contributed by atoms with E-state index in [2.05, 4.69) is 10.2 Å². The molecule has 1 unspecified atom stereocenters. The van der Waals surface area contributed by atoms with Gasteiger partial charge in [-0.1, -0.05) is 24.3 Å². The van der Waals surface area contributed by atoms with E-state index in [1.54, 1.807) is 6.08 Å². The molecule has 0 saturated carbocycles. The number of hydrogen-bond acceptors (Lipinski definition) is 6. The topological polar surface area (TPSA) is 109 Å². The fourth-order valence-corrected chi connectivity index (χ4v) is 4.73. The number of carbonyl (C=O) groups excluding carboxylic acids is 1. The maximum atomic E-state index is 12.9. The van der Waals surface area contributed by atoms with E-state index in [1.807, 2.05) is 95.3 Å². The van der Waals surface area contributed by atoms with Gasteiger partial charge in [0.25, 0.3) is 5.56 Å². The van der Waals surface area contributed by atoms with Crippen LogP contribution >= 0.6 is 0 Å². The van der Waals surface area contributed by atoms with E-state index in [9.17, 15) is 9.59 Å². The Balaban J connectivity index is 1.44. The van der Waals surface area contributed by atoms with E-state index in [0.717, 1.165) is 23.4 Å².